The van der Waals surface area contributed by atoms with Crippen molar-refractivity contribution in [1.82, 2.24) is 10.2 Å². The number of nitriles is 1. The third kappa shape index (κ3) is 4.08. The number of nitrogens with one attached hydrogen (secondary N) is 1. The first-order valence-electron chi connectivity index (χ1n) is 8.41. The van der Waals surface area contributed by atoms with E-state index in [2.05, 4.69) is 5.32 Å². The summed E-state index contributed by atoms with van der Waals surface area (Å²) in [6, 6.07) is 16.7. The molecule has 2 aromatic rings. The first-order valence-corrected chi connectivity index (χ1v) is 8.41. The van der Waals surface area contributed by atoms with Crippen LogP contribution < -0.4 is 5.32 Å². The van der Waals surface area contributed by atoms with Gasteiger partial charge in [-0.05, 0) is 29.8 Å². The van der Waals surface area contributed by atoms with Crippen LogP contribution in [0.3, 0.4) is 0 Å². The molecule has 0 radical (unpaired) electrons. The van der Waals surface area contributed by atoms with Crippen molar-refractivity contribution in [2.24, 2.45) is 0 Å². The second-order valence-corrected chi connectivity index (χ2v) is 5.94. The fourth-order valence-corrected chi connectivity index (χ4v) is 2.81. The number of hydrogen-bond donors (Lipinski definition) is 1. The minimum Gasteiger partial charge on any atom is -0.378 e. The molecule has 1 N–H and O–H groups in total. The summed E-state index contributed by atoms with van der Waals surface area (Å²) in [5.74, 6) is -0.508. The molecule has 3 rings (SSSR count). The molecule has 26 heavy (non-hydrogen) atoms. The summed E-state index contributed by atoms with van der Waals surface area (Å²) in [6.45, 7) is 2.01. The summed E-state index contributed by atoms with van der Waals surface area (Å²) >= 11 is 0. The number of nitrogens with zero attached hydrogens (tertiary/aromatic N) is 2. The number of ether oxygens (including phenoxy) is 1. The highest BCUT2D eigenvalue weighted by atomic mass is 16.5. The molecule has 2 aromatic carbocycles. The number of carbonyl (C=O) groups is 2. The third-order valence-corrected chi connectivity index (χ3v) is 4.25. The van der Waals surface area contributed by atoms with E-state index in [0.29, 0.717) is 37.4 Å². The van der Waals surface area contributed by atoms with Crippen LogP contribution in [0, 0.1) is 11.3 Å². The van der Waals surface area contributed by atoms with Crippen molar-refractivity contribution in [3.8, 4) is 6.07 Å². The summed E-state index contributed by atoms with van der Waals surface area (Å²) in [5, 5.41) is 11.7. The Balaban J connectivity index is 1.82. The number of benzene rings is 2. The van der Waals surface area contributed by atoms with Crippen LogP contribution in [-0.2, 0) is 9.53 Å². The molecular formula is C20H19N3O3. The summed E-state index contributed by atoms with van der Waals surface area (Å²) in [7, 11) is 0. The lowest BCUT2D eigenvalue weighted by atomic mass is 10.0. The zero-order valence-corrected chi connectivity index (χ0v) is 14.2. The smallest absolute Gasteiger partial charge is 0.252 e. The molecule has 0 spiro atoms. The van der Waals surface area contributed by atoms with Gasteiger partial charge in [0.2, 0.25) is 5.91 Å². The number of morpholine rings is 1. The van der Waals surface area contributed by atoms with Gasteiger partial charge < -0.3 is 15.0 Å². The molecule has 132 valence electrons. The average Bonchev–Trinajstić information content (AvgIpc) is 2.72. The lowest BCUT2D eigenvalue weighted by molar-refractivity contribution is -0.137. The van der Waals surface area contributed by atoms with Gasteiger partial charge in [0, 0.05) is 18.7 Å². The maximum absolute atomic E-state index is 13.0. The van der Waals surface area contributed by atoms with Gasteiger partial charge in [-0.2, -0.15) is 5.26 Å². The summed E-state index contributed by atoms with van der Waals surface area (Å²) in [5.41, 5.74) is 1.61. The molecule has 2 amide bonds. The molecular weight excluding hydrogens is 330 g/mol. The largest absolute Gasteiger partial charge is 0.378 e. The molecule has 1 saturated heterocycles. The second-order valence-electron chi connectivity index (χ2n) is 5.94. The fourth-order valence-electron chi connectivity index (χ4n) is 2.81. The minimum absolute atomic E-state index is 0.151. The normalized spacial score (nSPS) is 15.0. The van der Waals surface area contributed by atoms with Gasteiger partial charge >= 0.3 is 0 Å². The Morgan fingerprint density at radius 1 is 1.04 bits per heavy atom. The van der Waals surface area contributed by atoms with Crippen LogP contribution in [0.2, 0.25) is 0 Å². The summed E-state index contributed by atoms with van der Waals surface area (Å²) < 4.78 is 5.30. The van der Waals surface area contributed by atoms with Crippen LogP contribution in [0.15, 0.2) is 54.6 Å². The Morgan fingerprint density at radius 3 is 2.31 bits per heavy atom. The van der Waals surface area contributed by atoms with Gasteiger partial charge in [-0.3, -0.25) is 9.59 Å². The molecule has 0 bridgehead atoms. The standard InChI is InChI=1S/C20H19N3O3/c21-14-15-6-8-17(9-7-15)19(24)22-18(16-4-2-1-3-5-16)20(25)23-10-12-26-13-11-23/h1-9,18H,10-13H2,(H,22,24)/t18-/m0/s1. The van der Waals surface area contributed by atoms with Gasteiger partial charge in [0.05, 0.1) is 24.8 Å². The van der Waals surface area contributed by atoms with Crippen LogP contribution >= 0.6 is 0 Å². The number of amides is 2. The maximum atomic E-state index is 13.0. The van der Waals surface area contributed by atoms with Gasteiger partial charge in [0.15, 0.2) is 0 Å². The number of hydrogen-bond acceptors (Lipinski definition) is 4. The van der Waals surface area contributed by atoms with Crippen molar-refractivity contribution < 1.29 is 14.3 Å². The SMILES string of the molecule is N#Cc1ccc(C(=O)N[C@H](C(=O)N2CCOCC2)c2ccccc2)cc1. The molecule has 6 heteroatoms. The van der Waals surface area contributed by atoms with E-state index >= 15 is 0 Å². The van der Waals surface area contributed by atoms with Gasteiger partial charge in [0.25, 0.3) is 5.91 Å². The van der Waals surface area contributed by atoms with Crippen LogP contribution in [0.25, 0.3) is 0 Å². The predicted molar refractivity (Wildman–Crippen MR) is 95.2 cm³/mol. The highest BCUT2D eigenvalue weighted by Gasteiger charge is 2.28. The number of carbonyl (C=O) groups excluding carboxylic acids is 2. The molecule has 1 atom stereocenters. The molecule has 1 fully saturated rings. The monoisotopic (exact) mass is 349 g/mol. The molecule has 1 heterocycles. The van der Waals surface area contributed by atoms with Crippen molar-refractivity contribution in [1.29, 1.82) is 5.26 Å². The van der Waals surface area contributed by atoms with E-state index < -0.39 is 6.04 Å². The molecule has 0 saturated carbocycles. The van der Waals surface area contributed by atoms with Crippen molar-refractivity contribution in [3.05, 3.63) is 71.3 Å². The average molecular weight is 349 g/mol. The fraction of sp³-hybridized carbons (Fsp3) is 0.250. The summed E-state index contributed by atoms with van der Waals surface area (Å²) in [6.07, 6.45) is 0. The Labute approximate surface area is 152 Å². The molecule has 0 aliphatic carbocycles. The lowest BCUT2D eigenvalue weighted by Gasteiger charge is -2.31. The third-order valence-electron chi connectivity index (χ3n) is 4.25. The molecule has 0 unspecified atom stereocenters. The first-order chi connectivity index (χ1) is 12.7. The van der Waals surface area contributed by atoms with Crippen LogP contribution in [0.5, 0.6) is 0 Å². The molecule has 1 aliphatic heterocycles. The van der Waals surface area contributed by atoms with Crippen LogP contribution in [-0.4, -0.2) is 43.0 Å². The molecule has 0 aromatic heterocycles. The Bertz CT molecular complexity index is 806. The maximum Gasteiger partial charge on any atom is 0.252 e. The van der Waals surface area contributed by atoms with E-state index in [1.54, 1.807) is 29.2 Å². The minimum atomic E-state index is -0.766. The highest BCUT2D eigenvalue weighted by Crippen LogP contribution is 2.18. The summed E-state index contributed by atoms with van der Waals surface area (Å²) in [4.78, 5) is 27.3. The van der Waals surface area contributed by atoms with Crippen molar-refractivity contribution in [3.63, 3.8) is 0 Å². The zero-order valence-electron chi connectivity index (χ0n) is 14.2. The van der Waals surface area contributed by atoms with Gasteiger partial charge in [0.1, 0.15) is 6.04 Å². The van der Waals surface area contributed by atoms with E-state index in [9.17, 15) is 9.59 Å². The van der Waals surface area contributed by atoms with Crippen molar-refractivity contribution >= 4 is 11.8 Å². The Hall–Kier alpha value is -3.17. The van der Waals surface area contributed by atoms with Crippen LogP contribution in [0.1, 0.15) is 27.5 Å². The van der Waals surface area contributed by atoms with Gasteiger partial charge in [-0.25, -0.2) is 0 Å². The van der Waals surface area contributed by atoms with E-state index in [1.165, 1.54) is 0 Å². The quantitative estimate of drug-likeness (QED) is 0.914. The lowest BCUT2D eigenvalue weighted by Crippen LogP contribution is -2.47. The van der Waals surface area contributed by atoms with Crippen molar-refractivity contribution in [2.75, 3.05) is 26.3 Å². The Kier molecular flexibility index (Phi) is 5.62. The predicted octanol–water partition coefficient (Wildman–Crippen LogP) is 1.89. The van der Waals surface area contributed by atoms with Crippen LogP contribution in [0.4, 0.5) is 0 Å². The van der Waals surface area contributed by atoms with E-state index in [4.69, 9.17) is 10.00 Å². The van der Waals surface area contributed by atoms with Crippen molar-refractivity contribution in [2.45, 2.75) is 6.04 Å². The zero-order chi connectivity index (χ0) is 18.4. The van der Waals surface area contributed by atoms with E-state index in [0.717, 1.165) is 5.56 Å². The number of rotatable bonds is 4. The Morgan fingerprint density at radius 2 is 1.69 bits per heavy atom. The van der Waals surface area contributed by atoms with E-state index in [1.807, 2.05) is 36.4 Å². The first kappa shape index (κ1) is 17.6. The highest BCUT2D eigenvalue weighted by molar-refractivity contribution is 5.98. The van der Waals surface area contributed by atoms with E-state index in [-0.39, 0.29) is 11.8 Å². The topological polar surface area (TPSA) is 82.4 Å². The second kappa shape index (κ2) is 8.28. The van der Waals surface area contributed by atoms with Gasteiger partial charge in [-0.15, -0.1) is 0 Å². The molecule has 6 nitrogen and oxygen atoms in total. The van der Waals surface area contributed by atoms with Gasteiger partial charge in [-0.1, -0.05) is 30.3 Å². The molecule has 1 aliphatic rings.